The van der Waals surface area contributed by atoms with Crippen LogP contribution in [0.4, 0.5) is 4.79 Å². The van der Waals surface area contributed by atoms with Gasteiger partial charge in [0, 0.05) is 38.6 Å². The highest BCUT2D eigenvalue weighted by Gasteiger charge is 2.38. The molecule has 3 rings (SSSR count). The number of carbonyl (C=O) groups excluding carboxylic acids is 3. The first-order chi connectivity index (χ1) is 13.0. The van der Waals surface area contributed by atoms with Crippen LogP contribution >= 0.6 is 0 Å². The van der Waals surface area contributed by atoms with E-state index < -0.39 is 17.8 Å². The van der Waals surface area contributed by atoms with Gasteiger partial charge >= 0.3 is 17.8 Å². The maximum absolute atomic E-state index is 12.7. The van der Waals surface area contributed by atoms with Crippen LogP contribution in [0.3, 0.4) is 0 Å². The molecule has 10 heteroatoms. The summed E-state index contributed by atoms with van der Waals surface area (Å²) in [4.78, 5) is 48.9. The molecule has 1 unspecified atom stereocenters. The fraction of sp³-hybridized carbons (Fsp3) is 0.529. The molecule has 3 heterocycles. The zero-order chi connectivity index (χ0) is 19.4. The standard InChI is InChI=1S/C17H20N6O4/c1-2-21-8-9-23(16(25)15(21)24)17(26)22-7-3-4-12(11-22)27-14-13(10-18)19-5-6-20-14/h5-6,12H,2-4,7-9,11H2,1H3. The SMILES string of the molecule is CCN1CCN(C(=O)N2CCCC(Oc3nccnc3C#N)C2)C(=O)C1=O. The number of piperidine rings is 1. The number of amides is 4. The van der Waals surface area contributed by atoms with Gasteiger partial charge in [0.15, 0.2) is 0 Å². The van der Waals surface area contributed by atoms with Crippen LogP contribution in [0.1, 0.15) is 25.5 Å². The fourth-order valence-corrected chi connectivity index (χ4v) is 3.18. The molecular formula is C17H20N6O4. The van der Waals surface area contributed by atoms with E-state index >= 15 is 0 Å². The molecular weight excluding hydrogens is 352 g/mol. The Bertz CT molecular complexity index is 792. The molecule has 1 aromatic heterocycles. The topological polar surface area (TPSA) is 120 Å². The molecule has 1 atom stereocenters. The van der Waals surface area contributed by atoms with Crippen LogP contribution in [0.2, 0.25) is 0 Å². The van der Waals surface area contributed by atoms with E-state index in [4.69, 9.17) is 10.00 Å². The van der Waals surface area contributed by atoms with Crippen molar-refractivity contribution < 1.29 is 19.1 Å². The summed E-state index contributed by atoms with van der Waals surface area (Å²) in [7, 11) is 0. The number of imide groups is 1. The number of carbonyl (C=O) groups is 3. The number of nitrogens with zero attached hydrogens (tertiary/aromatic N) is 6. The molecule has 0 saturated carbocycles. The number of nitriles is 1. The lowest BCUT2D eigenvalue weighted by molar-refractivity contribution is -0.154. The number of rotatable bonds is 3. The number of aromatic nitrogens is 2. The Labute approximate surface area is 156 Å². The van der Waals surface area contributed by atoms with Gasteiger partial charge in [-0.2, -0.15) is 5.26 Å². The Morgan fingerprint density at radius 1 is 1.26 bits per heavy atom. The Balaban J connectivity index is 1.66. The molecule has 0 aliphatic carbocycles. The zero-order valence-corrected chi connectivity index (χ0v) is 15.0. The lowest BCUT2D eigenvalue weighted by atomic mass is 10.1. The van der Waals surface area contributed by atoms with Crippen molar-refractivity contribution in [3.05, 3.63) is 18.1 Å². The second-order valence-corrected chi connectivity index (χ2v) is 6.27. The first kappa shape index (κ1) is 18.6. The van der Waals surface area contributed by atoms with Crippen molar-refractivity contribution in [3.8, 4) is 11.9 Å². The molecule has 0 spiro atoms. The van der Waals surface area contributed by atoms with E-state index in [1.165, 1.54) is 22.2 Å². The van der Waals surface area contributed by atoms with Gasteiger partial charge in [-0.05, 0) is 19.8 Å². The highest BCUT2D eigenvalue weighted by molar-refractivity contribution is 6.38. The molecule has 2 aliphatic heterocycles. The molecule has 2 aliphatic rings. The zero-order valence-electron chi connectivity index (χ0n) is 15.0. The Morgan fingerprint density at radius 2 is 2.04 bits per heavy atom. The van der Waals surface area contributed by atoms with Crippen molar-refractivity contribution in [2.75, 3.05) is 32.7 Å². The van der Waals surface area contributed by atoms with E-state index in [0.29, 0.717) is 32.5 Å². The van der Waals surface area contributed by atoms with Crippen molar-refractivity contribution in [1.29, 1.82) is 5.26 Å². The van der Waals surface area contributed by atoms with Crippen LogP contribution in [0.25, 0.3) is 0 Å². The quantitative estimate of drug-likeness (QED) is 0.685. The van der Waals surface area contributed by atoms with Crippen LogP contribution < -0.4 is 4.74 Å². The number of likely N-dealkylation sites (N-methyl/N-ethyl adjacent to an activating group) is 1. The third-order valence-corrected chi connectivity index (χ3v) is 4.62. The third-order valence-electron chi connectivity index (χ3n) is 4.62. The number of hydrogen-bond donors (Lipinski definition) is 0. The molecule has 2 saturated heterocycles. The number of piperazine rings is 1. The summed E-state index contributed by atoms with van der Waals surface area (Å²) in [5.41, 5.74) is 0.0809. The van der Waals surface area contributed by atoms with E-state index in [1.54, 1.807) is 6.92 Å². The smallest absolute Gasteiger partial charge is 0.327 e. The number of likely N-dealkylation sites (tertiary alicyclic amines) is 1. The van der Waals surface area contributed by atoms with Crippen LogP contribution in [-0.4, -0.2) is 81.3 Å². The second kappa shape index (κ2) is 7.99. The maximum atomic E-state index is 12.7. The van der Waals surface area contributed by atoms with Crippen LogP contribution in [0, 0.1) is 11.3 Å². The van der Waals surface area contributed by atoms with Crippen LogP contribution in [-0.2, 0) is 9.59 Å². The van der Waals surface area contributed by atoms with Gasteiger partial charge < -0.3 is 14.5 Å². The molecule has 0 bridgehead atoms. The largest absolute Gasteiger partial charge is 0.470 e. The normalized spacial score (nSPS) is 20.4. The molecule has 2 fully saturated rings. The summed E-state index contributed by atoms with van der Waals surface area (Å²) in [6.45, 7) is 3.46. The van der Waals surface area contributed by atoms with E-state index in [1.807, 2.05) is 6.07 Å². The van der Waals surface area contributed by atoms with Crippen molar-refractivity contribution in [1.82, 2.24) is 24.7 Å². The van der Waals surface area contributed by atoms with Gasteiger partial charge in [-0.15, -0.1) is 0 Å². The summed E-state index contributed by atoms with van der Waals surface area (Å²) in [5, 5.41) is 9.08. The van der Waals surface area contributed by atoms with Crippen molar-refractivity contribution in [2.45, 2.75) is 25.9 Å². The Hall–Kier alpha value is -3.22. The molecule has 10 nitrogen and oxygen atoms in total. The molecule has 4 amide bonds. The van der Waals surface area contributed by atoms with E-state index in [9.17, 15) is 14.4 Å². The monoisotopic (exact) mass is 372 g/mol. The molecule has 27 heavy (non-hydrogen) atoms. The van der Waals surface area contributed by atoms with E-state index in [2.05, 4.69) is 9.97 Å². The van der Waals surface area contributed by atoms with Gasteiger partial charge in [-0.3, -0.25) is 14.5 Å². The lowest BCUT2D eigenvalue weighted by Gasteiger charge is -2.38. The number of urea groups is 1. The average molecular weight is 372 g/mol. The fourth-order valence-electron chi connectivity index (χ4n) is 3.18. The summed E-state index contributed by atoms with van der Waals surface area (Å²) in [6, 6.07) is 1.43. The predicted octanol–water partition coefficient (Wildman–Crippen LogP) is 0.00218. The lowest BCUT2D eigenvalue weighted by Crippen LogP contribution is -2.60. The Kier molecular flexibility index (Phi) is 5.49. The van der Waals surface area contributed by atoms with Gasteiger partial charge in [-0.1, -0.05) is 0 Å². The van der Waals surface area contributed by atoms with Gasteiger partial charge in [0.1, 0.15) is 12.2 Å². The minimum atomic E-state index is -0.795. The van der Waals surface area contributed by atoms with E-state index in [-0.39, 0.29) is 30.8 Å². The summed E-state index contributed by atoms with van der Waals surface area (Å²) in [5.74, 6) is -1.32. The Morgan fingerprint density at radius 3 is 2.78 bits per heavy atom. The molecule has 1 aromatic rings. The van der Waals surface area contributed by atoms with Crippen molar-refractivity contribution in [3.63, 3.8) is 0 Å². The number of hydrogen-bond acceptors (Lipinski definition) is 7. The molecule has 0 radical (unpaired) electrons. The van der Waals surface area contributed by atoms with Gasteiger partial charge in [0.05, 0.1) is 6.54 Å². The van der Waals surface area contributed by atoms with Crippen molar-refractivity contribution >= 4 is 17.8 Å². The molecule has 142 valence electrons. The highest BCUT2D eigenvalue weighted by atomic mass is 16.5. The minimum absolute atomic E-state index is 0.0809. The number of ether oxygens (including phenoxy) is 1. The average Bonchev–Trinajstić information content (AvgIpc) is 2.70. The summed E-state index contributed by atoms with van der Waals surface area (Å²) < 4.78 is 5.76. The molecule has 0 N–H and O–H groups in total. The summed E-state index contributed by atoms with van der Waals surface area (Å²) >= 11 is 0. The van der Waals surface area contributed by atoms with E-state index in [0.717, 1.165) is 4.90 Å². The van der Waals surface area contributed by atoms with Crippen molar-refractivity contribution in [2.24, 2.45) is 0 Å². The highest BCUT2D eigenvalue weighted by Crippen LogP contribution is 2.20. The first-order valence-corrected chi connectivity index (χ1v) is 8.82. The second-order valence-electron chi connectivity index (χ2n) is 6.27. The third kappa shape index (κ3) is 3.81. The van der Waals surface area contributed by atoms with Crippen LogP contribution in [0.15, 0.2) is 12.4 Å². The van der Waals surface area contributed by atoms with Gasteiger partial charge in [-0.25, -0.2) is 14.8 Å². The predicted molar refractivity (Wildman–Crippen MR) is 91.3 cm³/mol. The maximum Gasteiger partial charge on any atom is 0.327 e. The first-order valence-electron chi connectivity index (χ1n) is 8.82. The van der Waals surface area contributed by atoms with Gasteiger partial charge in [0.25, 0.3) is 5.88 Å². The summed E-state index contributed by atoms with van der Waals surface area (Å²) in [6.07, 6.45) is 3.83. The minimum Gasteiger partial charge on any atom is -0.470 e. The van der Waals surface area contributed by atoms with Gasteiger partial charge in [0.2, 0.25) is 5.69 Å². The van der Waals surface area contributed by atoms with Crippen LogP contribution in [0.5, 0.6) is 5.88 Å². The molecule has 0 aromatic carbocycles.